The van der Waals surface area contributed by atoms with E-state index in [0.717, 1.165) is 12.1 Å². The van der Waals surface area contributed by atoms with Crippen LogP contribution in [0.5, 0.6) is 0 Å². The van der Waals surface area contributed by atoms with E-state index in [1.807, 2.05) is 0 Å². The zero-order valence-electron chi connectivity index (χ0n) is 12.9. The molecule has 0 unspecified atom stereocenters. The van der Waals surface area contributed by atoms with Crippen molar-refractivity contribution < 1.29 is 23.1 Å². The van der Waals surface area contributed by atoms with Crippen LogP contribution in [-0.4, -0.2) is 17.7 Å². The van der Waals surface area contributed by atoms with E-state index in [1.54, 1.807) is 6.92 Å². The summed E-state index contributed by atoms with van der Waals surface area (Å²) in [7, 11) is 0. The van der Waals surface area contributed by atoms with Crippen LogP contribution in [0, 0.1) is 17.5 Å². The molecule has 0 aliphatic rings. The van der Waals surface area contributed by atoms with E-state index >= 15 is 0 Å². The Balaban J connectivity index is 1.87. The number of carbonyl (C=O) groups is 1. The Bertz CT molecular complexity index is 725. The molecule has 2 aromatic carbocycles. The van der Waals surface area contributed by atoms with Gasteiger partial charge in [-0.25, -0.2) is 18.0 Å². The molecule has 0 bridgehead atoms. The topological polar surface area (TPSA) is 61.4 Å². The Kier molecular flexibility index (Phi) is 5.81. The monoisotopic (exact) mass is 338 g/mol. The van der Waals surface area contributed by atoms with Gasteiger partial charge < -0.3 is 15.7 Å². The molecule has 0 fully saturated rings. The molecular weight excluding hydrogens is 321 g/mol. The molecule has 0 heterocycles. The van der Waals surface area contributed by atoms with Crippen molar-refractivity contribution in [3.63, 3.8) is 0 Å². The van der Waals surface area contributed by atoms with Crippen molar-refractivity contribution >= 4 is 6.03 Å². The van der Waals surface area contributed by atoms with Gasteiger partial charge in [0.2, 0.25) is 0 Å². The van der Waals surface area contributed by atoms with Gasteiger partial charge in [0.25, 0.3) is 0 Å². The molecule has 24 heavy (non-hydrogen) atoms. The lowest BCUT2D eigenvalue weighted by molar-refractivity contribution is 0.172. The minimum atomic E-state index is -1.06. The van der Waals surface area contributed by atoms with Crippen molar-refractivity contribution in [2.24, 2.45) is 0 Å². The number of halogens is 3. The highest BCUT2D eigenvalue weighted by molar-refractivity contribution is 5.74. The smallest absolute Gasteiger partial charge is 0.315 e. The predicted octanol–water partition coefficient (Wildman–Crippen LogP) is 3.20. The average molecular weight is 338 g/mol. The Labute approximate surface area is 137 Å². The molecular formula is C17H17F3N2O2. The molecule has 0 aliphatic carbocycles. The summed E-state index contributed by atoms with van der Waals surface area (Å²) in [6.07, 6.45) is -1.06. The van der Waals surface area contributed by atoms with Crippen LogP contribution in [0.1, 0.15) is 30.2 Å². The quantitative estimate of drug-likeness (QED) is 0.784. The number of amides is 2. The van der Waals surface area contributed by atoms with Crippen LogP contribution in [-0.2, 0) is 0 Å². The summed E-state index contributed by atoms with van der Waals surface area (Å²) >= 11 is 0. The first-order chi connectivity index (χ1) is 11.4. The number of rotatable bonds is 5. The summed E-state index contributed by atoms with van der Waals surface area (Å²) in [4.78, 5) is 11.8. The fourth-order valence-electron chi connectivity index (χ4n) is 2.13. The fraction of sp³-hybridized carbons (Fsp3) is 0.235. The van der Waals surface area contributed by atoms with E-state index < -0.39 is 35.6 Å². The van der Waals surface area contributed by atoms with Crippen LogP contribution in [0.15, 0.2) is 42.5 Å². The number of carbonyl (C=O) groups excluding carboxylic acids is 1. The molecule has 0 spiro atoms. The molecule has 4 nitrogen and oxygen atoms in total. The molecule has 2 atom stereocenters. The average Bonchev–Trinajstić information content (AvgIpc) is 2.55. The SMILES string of the molecule is C[C@H](NC(=O)NC[C@@H](O)c1cccc(F)c1)c1ccc(F)c(F)c1. The normalized spacial score (nSPS) is 13.2. The molecule has 0 aliphatic heterocycles. The van der Waals surface area contributed by atoms with E-state index in [0.29, 0.717) is 11.1 Å². The van der Waals surface area contributed by atoms with Crippen LogP contribution in [0.25, 0.3) is 0 Å². The highest BCUT2D eigenvalue weighted by Gasteiger charge is 2.14. The summed E-state index contributed by atoms with van der Waals surface area (Å²) < 4.78 is 39.2. The second-order valence-electron chi connectivity index (χ2n) is 5.32. The third-order valence-corrected chi connectivity index (χ3v) is 3.48. The molecule has 0 saturated carbocycles. The van der Waals surface area contributed by atoms with E-state index in [-0.39, 0.29) is 6.54 Å². The van der Waals surface area contributed by atoms with Crippen molar-refractivity contribution in [2.75, 3.05) is 6.54 Å². The summed E-state index contributed by atoms with van der Waals surface area (Å²) in [5, 5.41) is 14.9. The Hall–Kier alpha value is -2.54. The van der Waals surface area contributed by atoms with Crippen LogP contribution >= 0.6 is 0 Å². The fourth-order valence-corrected chi connectivity index (χ4v) is 2.13. The van der Waals surface area contributed by atoms with Crippen LogP contribution < -0.4 is 10.6 Å². The van der Waals surface area contributed by atoms with Crippen molar-refractivity contribution in [1.29, 1.82) is 0 Å². The zero-order valence-corrected chi connectivity index (χ0v) is 12.9. The van der Waals surface area contributed by atoms with E-state index in [1.165, 1.54) is 30.3 Å². The Morgan fingerprint density at radius 1 is 1.08 bits per heavy atom. The molecule has 0 radical (unpaired) electrons. The molecule has 2 amide bonds. The van der Waals surface area contributed by atoms with Gasteiger partial charge in [0.15, 0.2) is 11.6 Å². The van der Waals surface area contributed by atoms with E-state index in [4.69, 9.17) is 0 Å². The minimum absolute atomic E-state index is 0.125. The number of hydrogen-bond acceptors (Lipinski definition) is 2. The molecule has 2 rings (SSSR count). The van der Waals surface area contributed by atoms with Crippen molar-refractivity contribution in [3.05, 3.63) is 71.0 Å². The number of urea groups is 1. The molecule has 0 aromatic heterocycles. The van der Waals surface area contributed by atoms with Gasteiger partial charge in [-0.1, -0.05) is 18.2 Å². The van der Waals surface area contributed by atoms with Gasteiger partial charge in [-0.15, -0.1) is 0 Å². The van der Waals surface area contributed by atoms with Crippen LogP contribution in [0.4, 0.5) is 18.0 Å². The lowest BCUT2D eigenvalue weighted by Gasteiger charge is -2.17. The van der Waals surface area contributed by atoms with Gasteiger partial charge in [-0.2, -0.15) is 0 Å². The van der Waals surface area contributed by atoms with E-state index in [2.05, 4.69) is 10.6 Å². The van der Waals surface area contributed by atoms with Gasteiger partial charge in [0.1, 0.15) is 5.82 Å². The van der Waals surface area contributed by atoms with Crippen LogP contribution in [0.3, 0.4) is 0 Å². The number of nitrogens with one attached hydrogen (secondary N) is 2. The maximum atomic E-state index is 13.2. The molecule has 7 heteroatoms. The van der Waals surface area contributed by atoms with Crippen molar-refractivity contribution in [1.82, 2.24) is 10.6 Å². The third-order valence-electron chi connectivity index (χ3n) is 3.48. The highest BCUT2D eigenvalue weighted by Crippen LogP contribution is 2.16. The minimum Gasteiger partial charge on any atom is -0.387 e. The number of benzene rings is 2. The van der Waals surface area contributed by atoms with Crippen molar-refractivity contribution in [2.45, 2.75) is 19.1 Å². The van der Waals surface area contributed by atoms with E-state index in [9.17, 15) is 23.1 Å². The summed E-state index contributed by atoms with van der Waals surface area (Å²) in [6, 6.07) is 7.61. The first-order valence-corrected chi connectivity index (χ1v) is 7.29. The summed E-state index contributed by atoms with van der Waals surface area (Å²) in [5.74, 6) is -2.44. The molecule has 128 valence electrons. The van der Waals surface area contributed by atoms with Gasteiger partial charge in [0.05, 0.1) is 12.1 Å². The lowest BCUT2D eigenvalue weighted by Crippen LogP contribution is -2.39. The van der Waals surface area contributed by atoms with Gasteiger partial charge in [-0.3, -0.25) is 0 Å². The summed E-state index contributed by atoms with van der Waals surface area (Å²) in [6.45, 7) is 1.48. The first kappa shape index (κ1) is 17.8. The van der Waals surface area contributed by atoms with Gasteiger partial charge in [0, 0.05) is 6.54 Å². The summed E-state index contributed by atoms with van der Waals surface area (Å²) in [5.41, 5.74) is 0.735. The molecule has 2 aromatic rings. The first-order valence-electron chi connectivity index (χ1n) is 7.29. The standard InChI is InChI=1S/C17H17F3N2O2/c1-10(11-5-6-14(19)15(20)8-11)22-17(24)21-9-16(23)12-3-2-4-13(18)7-12/h2-8,10,16,23H,9H2,1H3,(H2,21,22,24)/t10-,16+/m0/s1. The number of aliphatic hydroxyl groups excluding tert-OH is 1. The maximum Gasteiger partial charge on any atom is 0.315 e. The second kappa shape index (κ2) is 7.83. The van der Waals surface area contributed by atoms with Gasteiger partial charge in [-0.05, 0) is 42.3 Å². The predicted molar refractivity (Wildman–Crippen MR) is 82.7 cm³/mol. The maximum absolute atomic E-state index is 13.2. The zero-order chi connectivity index (χ0) is 17.7. The lowest BCUT2D eigenvalue weighted by atomic mass is 10.1. The van der Waals surface area contributed by atoms with Gasteiger partial charge >= 0.3 is 6.03 Å². The highest BCUT2D eigenvalue weighted by atomic mass is 19.2. The number of aliphatic hydroxyl groups is 1. The number of hydrogen-bond donors (Lipinski definition) is 3. The Morgan fingerprint density at radius 3 is 2.50 bits per heavy atom. The third kappa shape index (κ3) is 4.73. The van der Waals surface area contributed by atoms with Crippen LogP contribution in [0.2, 0.25) is 0 Å². The second-order valence-corrected chi connectivity index (χ2v) is 5.32. The Morgan fingerprint density at radius 2 is 1.83 bits per heavy atom. The molecule has 0 saturated heterocycles. The molecule has 3 N–H and O–H groups in total. The largest absolute Gasteiger partial charge is 0.387 e. The van der Waals surface area contributed by atoms with Crippen molar-refractivity contribution in [3.8, 4) is 0 Å².